The number of thiazole rings is 1. The zero-order valence-electron chi connectivity index (χ0n) is 11.2. The van der Waals surface area contributed by atoms with Gasteiger partial charge >= 0.3 is 6.18 Å². The second kappa shape index (κ2) is 7.95. The predicted molar refractivity (Wildman–Crippen MR) is 76.4 cm³/mol. The maximum atomic E-state index is 12.3. The van der Waals surface area contributed by atoms with Gasteiger partial charge in [-0.25, -0.2) is 4.98 Å². The number of rotatable bonds is 5. The minimum absolute atomic E-state index is 0. The van der Waals surface area contributed by atoms with Crippen LogP contribution in [0.5, 0.6) is 0 Å². The fourth-order valence-corrected chi connectivity index (χ4v) is 2.82. The molecule has 2 N–H and O–H groups in total. The third kappa shape index (κ3) is 5.80. The van der Waals surface area contributed by atoms with Crippen molar-refractivity contribution in [1.29, 1.82) is 0 Å². The van der Waals surface area contributed by atoms with Gasteiger partial charge < -0.3 is 10.6 Å². The van der Waals surface area contributed by atoms with Crippen molar-refractivity contribution in [1.82, 2.24) is 15.6 Å². The molecule has 21 heavy (non-hydrogen) atoms. The van der Waals surface area contributed by atoms with Gasteiger partial charge in [0.1, 0.15) is 5.01 Å². The van der Waals surface area contributed by atoms with Crippen molar-refractivity contribution >= 4 is 29.7 Å². The van der Waals surface area contributed by atoms with Crippen LogP contribution in [0.25, 0.3) is 0 Å². The smallest absolute Gasteiger partial charge is 0.350 e. The van der Waals surface area contributed by atoms with Crippen LogP contribution < -0.4 is 10.6 Å². The molecule has 9 heteroatoms. The molecule has 0 saturated carbocycles. The number of carbonyl (C=O) groups excluding carboxylic acids is 1. The molecular formula is C12H17ClF3N3OS. The largest absolute Gasteiger partial charge is 0.434 e. The van der Waals surface area contributed by atoms with E-state index in [0.717, 1.165) is 42.6 Å². The highest BCUT2D eigenvalue weighted by molar-refractivity contribution is 7.09. The number of hydrogen-bond acceptors (Lipinski definition) is 4. The Morgan fingerprint density at radius 2 is 2.29 bits per heavy atom. The molecule has 1 fully saturated rings. The van der Waals surface area contributed by atoms with Gasteiger partial charge in [0.25, 0.3) is 0 Å². The summed E-state index contributed by atoms with van der Waals surface area (Å²) >= 11 is 0.906. The Bertz CT molecular complexity index is 461. The first-order chi connectivity index (χ1) is 9.45. The first kappa shape index (κ1) is 18.2. The Morgan fingerprint density at radius 3 is 2.86 bits per heavy atom. The van der Waals surface area contributed by atoms with Gasteiger partial charge in [0.15, 0.2) is 5.69 Å². The molecule has 0 spiro atoms. The lowest BCUT2D eigenvalue weighted by Crippen LogP contribution is -2.23. The molecule has 1 aromatic rings. The molecule has 0 radical (unpaired) electrons. The van der Waals surface area contributed by atoms with E-state index >= 15 is 0 Å². The van der Waals surface area contributed by atoms with E-state index in [-0.39, 0.29) is 29.9 Å². The van der Waals surface area contributed by atoms with E-state index in [1.807, 2.05) is 0 Å². The quantitative estimate of drug-likeness (QED) is 0.864. The zero-order valence-corrected chi connectivity index (χ0v) is 12.8. The van der Waals surface area contributed by atoms with E-state index in [0.29, 0.717) is 12.3 Å². The van der Waals surface area contributed by atoms with Crippen LogP contribution in [0.1, 0.15) is 30.0 Å². The summed E-state index contributed by atoms with van der Waals surface area (Å²) in [5.74, 6) is 0.387. The summed E-state index contributed by atoms with van der Waals surface area (Å²) in [4.78, 5) is 15.1. The number of hydrogen-bond donors (Lipinski definition) is 2. The van der Waals surface area contributed by atoms with Crippen molar-refractivity contribution in [3.8, 4) is 0 Å². The Hall–Kier alpha value is -0.860. The van der Waals surface area contributed by atoms with Crippen LogP contribution in [0.2, 0.25) is 0 Å². The molecule has 2 rings (SSSR count). The summed E-state index contributed by atoms with van der Waals surface area (Å²) in [5.41, 5.74) is -0.899. The molecule has 1 aliphatic rings. The SMILES string of the molecule is Cl.O=C(CCC1CCNC1)NCc1nc(C(F)(F)F)cs1. The normalized spacial score (nSPS) is 18.3. The van der Waals surface area contributed by atoms with E-state index in [1.54, 1.807) is 0 Å². The summed E-state index contributed by atoms with van der Waals surface area (Å²) in [6, 6.07) is 0. The third-order valence-corrected chi connectivity index (χ3v) is 4.07. The topological polar surface area (TPSA) is 54.0 Å². The Labute approximate surface area is 130 Å². The molecule has 1 atom stereocenters. The van der Waals surface area contributed by atoms with E-state index in [1.165, 1.54) is 0 Å². The van der Waals surface area contributed by atoms with Gasteiger partial charge in [0.2, 0.25) is 5.91 Å². The second-order valence-corrected chi connectivity index (χ2v) is 5.74. The maximum absolute atomic E-state index is 12.3. The number of carbonyl (C=O) groups is 1. The lowest BCUT2D eigenvalue weighted by molar-refractivity contribution is -0.140. The molecule has 0 aromatic carbocycles. The minimum atomic E-state index is -4.42. The number of nitrogens with zero attached hydrogens (tertiary/aromatic N) is 1. The van der Waals surface area contributed by atoms with Gasteiger partial charge in [-0.15, -0.1) is 23.7 Å². The molecule has 4 nitrogen and oxygen atoms in total. The van der Waals surface area contributed by atoms with Crippen molar-refractivity contribution in [2.24, 2.45) is 5.92 Å². The van der Waals surface area contributed by atoms with Gasteiger partial charge in [-0.1, -0.05) is 0 Å². The van der Waals surface area contributed by atoms with Crippen molar-refractivity contribution in [3.05, 3.63) is 16.1 Å². The molecule has 1 amide bonds. The van der Waals surface area contributed by atoms with Gasteiger partial charge in [-0.05, 0) is 31.8 Å². The average Bonchev–Trinajstić information content (AvgIpc) is 3.04. The molecule has 2 heterocycles. The summed E-state index contributed by atoms with van der Waals surface area (Å²) in [5, 5.41) is 7.07. The van der Waals surface area contributed by atoms with E-state index in [9.17, 15) is 18.0 Å². The van der Waals surface area contributed by atoms with E-state index in [2.05, 4.69) is 15.6 Å². The van der Waals surface area contributed by atoms with Gasteiger partial charge in [-0.3, -0.25) is 4.79 Å². The van der Waals surface area contributed by atoms with Gasteiger partial charge in [0, 0.05) is 11.8 Å². The lowest BCUT2D eigenvalue weighted by Gasteiger charge is -2.07. The molecule has 1 aromatic heterocycles. The van der Waals surface area contributed by atoms with Crippen LogP contribution in [0, 0.1) is 5.92 Å². The number of nitrogens with one attached hydrogen (secondary N) is 2. The first-order valence-corrected chi connectivity index (χ1v) is 7.32. The van der Waals surface area contributed by atoms with Gasteiger partial charge in [0.05, 0.1) is 6.54 Å². The summed E-state index contributed by atoms with van der Waals surface area (Å²) in [6.07, 6.45) is -2.13. The molecule has 0 bridgehead atoms. The summed E-state index contributed by atoms with van der Waals surface area (Å²) in [7, 11) is 0. The van der Waals surface area contributed by atoms with Crippen LogP contribution in [0.4, 0.5) is 13.2 Å². The first-order valence-electron chi connectivity index (χ1n) is 6.44. The zero-order chi connectivity index (χ0) is 14.6. The lowest BCUT2D eigenvalue weighted by atomic mass is 10.0. The van der Waals surface area contributed by atoms with E-state index < -0.39 is 11.9 Å². The number of amides is 1. The number of halogens is 4. The number of aromatic nitrogens is 1. The molecule has 120 valence electrons. The fraction of sp³-hybridized carbons (Fsp3) is 0.667. The fourth-order valence-electron chi connectivity index (χ4n) is 2.08. The Kier molecular flexibility index (Phi) is 6.89. The summed E-state index contributed by atoms with van der Waals surface area (Å²) < 4.78 is 37.0. The molecule has 1 unspecified atom stereocenters. The van der Waals surface area contributed by atoms with Crippen LogP contribution in [-0.4, -0.2) is 24.0 Å². The van der Waals surface area contributed by atoms with Crippen molar-refractivity contribution < 1.29 is 18.0 Å². The molecular weight excluding hydrogens is 327 g/mol. The monoisotopic (exact) mass is 343 g/mol. The average molecular weight is 344 g/mol. The number of alkyl halides is 3. The minimum Gasteiger partial charge on any atom is -0.350 e. The molecule has 1 saturated heterocycles. The molecule has 0 aliphatic carbocycles. The highest BCUT2D eigenvalue weighted by Gasteiger charge is 2.33. The maximum Gasteiger partial charge on any atom is 0.434 e. The van der Waals surface area contributed by atoms with Crippen molar-refractivity contribution in [3.63, 3.8) is 0 Å². The predicted octanol–water partition coefficient (Wildman–Crippen LogP) is 2.59. The standard InChI is InChI=1S/C12H16F3N3OS.ClH/c13-12(14,15)9-7-20-11(18-9)6-17-10(19)2-1-8-3-4-16-5-8;/h7-8,16H,1-6H2,(H,17,19);1H. The van der Waals surface area contributed by atoms with Crippen LogP contribution in [0.15, 0.2) is 5.38 Å². The second-order valence-electron chi connectivity index (χ2n) is 4.80. The van der Waals surface area contributed by atoms with Crippen molar-refractivity contribution in [2.45, 2.75) is 32.0 Å². The Morgan fingerprint density at radius 1 is 1.52 bits per heavy atom. The van der Waals surface area contributed by atoms with E-state index in [4.69, 9.17) is 0 Å². The van der Waals surface area contributed by atoms with Crippen molar-refractivity contribution in [2.75, 3.05) is 13.1 Å². The third-order valence-electron chi connectivity index (χ3n) is 3.22. The van der Waals surface area contributed by atoms with Crippen LogP contribution >= 0.6 is 23.7 Å². The highest BCUT2D eigenvalue weighted by Crippen LogP contribution is 2.29. The summed E-state index contributed by atoms with van der Waals surface area (Å²) in [6.45, 7) is 1.99. The Balaban J connectivity index is 0.00000220. The van der Waals surface area contributed by atoms with Crippen LogP contribution in [0.3, 0.4) is 0 Å². The molecule has 1 aliphatic heterocycles. The highest BCUT2D eigenvalue weighted by atomic mass is 35.5. The van der Waals surface area contributed by atoms with Gasteiger partial charge in [-0.2, -0.15) is 13.2 Å². The van der Waals surface area contributed by atoms with Crippen LogP contribution in [-0.2, 0) is 17.5 Å².